The van der Waals surface area contributed by atoms with E-state index in [-0.39, 0.29) is 0 Å². The van der Waals surface area contributed by atoms with E-state index in [0.29, 0.717) is 5.89 Å². The maximum atomic E-state index is 8.96. The van der Waals surface area contributed by atoms with Gasteiger partial charge in [0.1, 0.15) is 6.07 Å². The summed E-state index contributed by atoms with van der Waals surface area (Å²) in [6.07, 6.45) is 2.42. The third kappa shape index (κ3) is 4.08. The second-order valence-corrected chi connectivity index (χ2v) is 6.39. The molecule has 0 atom stereocenters. The lowest BCUT2D eigenvalue weighted by Gasteiger charge is -2.06. The van der Waals surface area contributed by atoms with E-state index in [1.54, 1.807) is 11.3 Å². The van der Waals surface area contributed by atoms with Crippen LogP contribution in [0, 0.1) is 11.3 Å². The summed E-state index contributed by atoms with van der Waals surface area (Å²) < 4.78 is 6.08. The van der Waals surface area contributed by atoms with Crippen LogP contribution in [0.2, 0.25) is 0 Å². The standard InChI is InChI=1S/C12H12N2S.C8H6N2O/c1-2-6-14-11-4-3-9(8-13)12-10(11)5-7-15-12;1-2-4-7(5-3-1)8-10-9-6-11-8/h3-5,7,14H,2,6H2,1H3;1-6H. The van der Waals surface area contributed by atoms with E-state index in [0.717, 1.165) is 39.9 Å². The first-order valence-electron chi connectivity index (χ1n) is 8.29. The van der Waals surface area contributed by atoms with Crippen molar-refractivity contribution in [2.24, 2.45) is 0 Å². The highest BCUT2D eigenvalue weighted by atomic mass is 32.1. The molecular formula is C20H18N4OS. The molecule has 1 N–H and O–H groups in total. The quantitative estimate of drug-likeness (QED) is 0.531. The topological polar surface area (TPSA) is 74.7 Å². The van der Waals surface area contributed by atoms with Crippen LogP contribution >= 0.6 is 11.3 Å². The predicted octanol–water partition coefficient (Wildman–Crippen LogP) is 5.33. The van der Waals surface area contributed by atoms with Gasteiger partial charge in [-0.2, -0.15) is 5.26 Å². The lowest BCUT2D eigenvalue weighted by molar-refractivity contribution is 0.568. The molecule has 130 valence electrons. The first-order valence-corrected chi connectivity index (χ1v) is 9.17. The first-order chi connectivity index (χ1) is 12.8. The van der Waals surface area contributed by atoms with E-state index in [1.807, 2.05) is 47.8 Å². The van der Waals surface area contributed by atoms with Crippen LogP contribution in [-0.4, -0.2) is 16.7 Å². The van der Waals surface area contributed by atoms with Crippen LogP contribution in [0.3, 0.4) is 0 Å². The lowest BCUT2D eigenvalue weighted by atomic mass is 10.1. The minimum atomic E-state index is 0.561. The summed E-state index contributed by atoms with van der Waals surface area (Å²) in [6, 6.07) is 17.8. The molecule has 0 fully saturated rings. The number of nitrogens with one attached hydrogen (secondary N) is 1. The summed E-state index contributed by atoms with van der Waals surface area (Å²) in [5.74, 6) is 0.561. The largest absolute Gasteiger partial charge is 0.423 e. The fourth-order valence-corrected chi connectivity index (χ4v) is 3.33. The van der Waals surface area contributed by atoms with Crippen molar-refractivity contribution < 1.29 is 4.42 Å². The van der Waals surface area contributed by atoms with Gasteiger partial charge >= 0.3 is 0 Å². The van der Waals surface area contributed by atoms with Gasteiger partial charge in [0.15, 0.2) is 0 Å². The van der Waals surface area contributed by atoms with Gasteiger partial charge < -0.3 is 9.73 Å². The molecule has 0 radical (unpaired) electrons. The summed E-state index contributed by atoms with van der Waals surface area (Å²) in [7, 11) is 0. The number of nitrogens with zero attached hydrogens (tertiary/aromatic N) is 3. The molecule has 6 heteroatoms. The zero-order valence-electron chi connectivity index (χ0n) is 14.3. The molecule has 0 aliphatic rings. The highest BCUT2D eigenvalue weighted by Crippen LogP contribution is 2.30. The molecule has 5 nitrogen and oxygen atoms in total. The van der Waals surface area contributed by atoms with Gasteiger partial charge in [-0.15, -0.1) is 21.5 Å². The molecule has 0 bridgehead atoms. The molecule has 0 unspecified atom stereocenters. The highest BCUT2D eigenvalue weighted by molar-refractivity contribution is 7.17. The summed E-state index contributed by atoms with van der Waals surface area (Å²) in [6.45, 7) is 3.11. The van der Waals surface area contributed by atoms with Crippen LogP contribution in [0.4, 0.5) is 5.69 Å². The van der Waals surface area contributed by atoms with Crippen molar-refractivity contribution >= 4 is 27.1 Å². The van der Waals surface area contributed by atoms with Crippen molar-refractivity contribution in [1.82, 2.24) is 10.2 Å². The maximum absolute atomic E-state index is 8.96. The van der Waals surface area contributed by atoms with Crippen LogP contribution in [0.1, 0.15) is 18.9 Å². The highest BCUT2D eigenvalue weighted by Gasteiger charge is 2.06. The van der Waals surface area contributed by atoms with Crippen molar-refractivity contribution in [3.8, 4) is 17.5 Å². The third-order valence-electron chi connectivity index (χ3n) is 3.68. The molecule has 0 saturated carbocycles. The van der Waals surface area contributed by atoms with Crippen LogP contribution in [0.5, 0.6) is 0 Å². The van der Waals surface area contributed by atoms with Gasteiger partial charge in [0, 0.05) is 23.2 Å². The SMILES string of the molecule is CCCNc1ccc(C#N)c2sccc12.c1ccc(-c2nnco2)cc1. The van der Waals surface area contributed by atoms with Crippen molar-refractivity contribution in [2.45, 2.75) is 13.3 Å². The minimum absolute atomic E-state index is 0.561. The van der Waals surface area contributed by atoms with E-state index in [4.69, 9.17) is 9.68 Å². The first kappa shape index (κ1) is 17.6. The molecule has 4 rings (SSSR count). The van der Waals surface area contributed by atoms with Crippen LogP contribution in [-0.2, 0) is 0 Å². The number of rotatable bonds is 4. The number of anilines is 1. The molecule has 4 aromatic rings. The monoisotopic (exact) mass is 362 g/mol. The average Bonchev–Trinajstić information content (AvgIpc) is 3.39. The number of thiophene rings is 1. The number of nitriles is 1. The van der Waals surface area contributed by atoms with Crippen LogP contribution < -0.4 is 5.32 Å². The van der Waals surface area contributed by atoms with Gasteiger partial charge in [0.05, 0.1) is 10.3 Å². The van der Waals surface area contributed by atoms with Gasteiger partial charge in [-0.05, 0) is 42.1 Å². The van der Waals surface area contributed by atoms with Gasteiger partial charge in [-0.1, -0.05) is 25.1 Å². The third-order valence-corrected chi connectivity index (χ3v) is 4.63. The summed E-state index contributed by atoms with van der Waals surface area (Å²) >= 11 is 1.62. The van der Waals surface area contributed by atoms with Crippen LogP contribution in [0.25, 0.3) is 21.5 Å². The molecule has 0 amide bonds. The Bertz CT molecular complexity index is 988. The Labute approximate surface area is 155 Å². The van der Waals surface area contributed by atoms with E-state index in [1.165, 1.54) is 6.39 Å². The van der Waals surface area contributed by atoms with Crippen LogP contribution in [0.15, 0.2) is 64.7 Å². The molecule has 0 saturated heterocycles. The molecule has 0 aliphatic heterocycles. The second kappa shape index (κ2) is 8.79. The molecule has 2 aromatic carbocycles. The van der Waals surface area contributed by atoms with Crippen molar-refractivity contribution in [1.29, 1.82) is 5.26 Å². The Morgan fingerprint density at radius 1 is 1.15 bits per heavy atom. The number of aromatic nitrogens is 2. The summed E-state index contributed by atoms with van der Waals surface area (Å²) in [5.41, 5.74) is 2.85. The zero-order valence-corrected chi connectivity index (χ0v) is 15.2. The molecule has 2 aromatic heterocycles. The Morgan fingerprint density at radius 3 is 2.69 bits per heavy atom. The fourth-order valence-electron chi connectivity index (χ4n) is 2.44. The second-order valence-electron chi connectivity index (χ2n) is 5.47. The van der Waals surface area contributed by atoms with Crippen molar-refractivity contribution in [3.63, 3.8) is 0 Å². The van der Waals surface area contributed by atoms with Gasteiger partial charge in [-0.25, -0.2) is 0 Å². The van der Waals surface area contributed by atoms with Crippen molar-refractivity contribution in [3.05, 3.63) is 65.9 Å². The normalized spacial score (nSPS) is 10.0. The predicted molar refractivity (Wildman–Crippen MR) is 105 cm³/mol. The zero-order chi connectivity index (χ0) is 18.2. The number of hydrogen-bond donors (Lipinski definition) is 1. The molecular weight excluding hydrogens is 344 g/mol. The maximum Gasteiger partial charge on any atom is 0.247 e. The Hall–Kier alpha value is -3.17. The smallest absolute Gasteiger partial charge is 0.247 e. The number of fused-ring (bicyclic) bond motifs is 1. The number of hydrogen-bond acceptors (Lipinski definition) is 6. The molecule has 0 spiro atoms. The molecule has 0 aliphatic carbocycles. The van der Waals surface area contributed by atoms with Gasteiger partial charge in [0.25, 0.3) is 0 Å². The van der Waals surface area contributed by atoms with E-state index in [9.17, 15) is 0 Å². The average molecular weight is 362 g/mol. The Morgan fingerprint density at radius 2 is 2.00 bits per heavy atom. The molecule has 2 heterocycles. The Kier molecular flexibility index (Phi) is 5.96. The van der Waals surface area contributed by atoms with E-state index < -0.39 is 0 Å². The van der Waals surface area contributed by atoms with E-state index in [2.05, 4.69) is 34.6 Å². The van der Waals surface area contributed by atoms with E-state index >= 15 is 0 Å². The van der Waals surface area contributed by atoms with Crippen molar-refractivity contribution in [2.75, 3.05) is 11.9 Å². The minimum Gasteiger partial charge on any atom is -0.423 e. The fraction of sp³-hybridized carbons (Fsp3) is 0.150. The number of benzene rings is 2. The summed E-state index contributed by atoms with van der Waals surface area (Å²) in [4.78, 5) is 0. The van der Waals surface area contributed by atoms with Gasteiger partial charge in [0.2, 0.25) is 12.3 Å². The van der Waals surface area contributed by atoms with Gasteiger partial charge in [-0.3, -0.25) is 0 Å². The lowest BCUT2D eigenvalue weighted by Crippen LogP contribution is -1.99. The summed E-state index contributed by atoms with van der Waals surface area (Å²) in [5, 5.41) is 22.9. The molecule has 26 heavy (non-hydrogen) atoms. The Balaban J connectivity index is 0.000000158.